The van der Waals surface area contributed by atoms with Gasteiger partial charge in [-0.05, 0) is 25.5 Å². The van der Waals surface area contributed by atoms with Gasteiger partial charge in [0.05, 0.1) is 17.1 Å². The molecule has 18 heavy (non-hydrogen) atoms. The molecule has 1 atom stereocenters. The minimum Gasteiger partial charge on any atom is -0.320 e. The molecule has 5 heteroatoms. The van der Waals surface area contributed by atoms with Crippen LogP contribution in [-0.2, 0) is 11.3 Å². The molecule has 2 aromatic rings. The van der Waals surface area contributed by atoms with Gasteiger partial charge in [0.2, 0.25) is 11.9 Å². The summed E-state index contributed by atoms with van der Waals surface area (Å²) >= 11 is 0. The average molecular weight is 246 g/mol. The van der Waals surface area contributed by atoms with Gasteiger partial charge < -0.3 is 10.3 Å². The van der Waals surface area contributed by atoms with Gasteiger partial charge in [-0.3, -0.25) is 10.1 Å². The first-order valence-corrected chi connectivity index (χ1v) is 6.15. The number of aromatic nitrogens is 2. The molecule has 0 fully saturated rings. The van der Waals surface area contributed by atoms with Gasteiger partial charge >= 0.3 is 0 Å². The first-order valence-electron chi connectivity index (χ1n) is 6.15. The monoisotopic (exact) mass is 246 g/mol. The standard InChI is InChI=1S/C13H18N4O/c1-3-8-17-11-7-5-4-6-10(11)15-13(17)16-12(18)9(2)14/h4-7,9H,3,8,14H2,1-2H3,(H,15,16,18). The molecule has 0 spiro atoms. The van der Waals surface area contributed by atoms with E-state index in [0.717, 1.165) is 24.0 Å². The third kappa shape index (κ3) is 2.36. The Bertz CT molecular complexity index is 559. The minimum atomic E-state index is -0.542. The Morgan fingerprint density at radius 3 is 2.89 bits per heavy atom. The molecule has 0 radical (unpaired) electrons. The normalized spacial score (nSPS) is 12.6. The summed E-state index contributed by atoms with van der Waals surface area (Å²) in [7, 11) is 0. The lowest BCUT2D eigenvalue weighted by atomic mass is 10.3. The van der Waals surface area contributed by atoms with E-state index in [4.69, 9.17) is 5.73 Å². The third-order valence-corrected chi connectivity index (χ3v) is 2.75. The lowest BCUT2D eigenvalue weighted by Gasteiger charge is -2.10. The Morgan fingerprint density at radius 1 is 1.50 bits per heavy atom. The zero-order valence-corrected chi connectivity index (χ0v) is 10.7. The summed E-state index contributed by atoms with van der Waals surface area (Å²) in [6, 6.07) is 7.29. The predicted molar refractivity (Wildman–Crippen MR) is 72.3 cm³/mol. The number of amides is 1. The topological polar surface area (TPSA) is 72.9 Å². The highest BCUT2D eigenvalue weighted by Gasteiger charge is 2.14. The molecule has 0 aliphatic heterocycles. The second-order valence-electron chi connectivity index (χ2n) is 4.35. The Labute approximate surface area is 106 Å². The second-order valence-corrected chi connectivity index (χ2v) is 4.35. The largest absolute Gasteiger partial charge is 0.320 e. The molecule has 3 N–H and O–H groups in total. The van der Waals surface area contributed by atoms with Crippen LogP contribution < -0.4 is 11.1 Å². The number of carbonyl (C=O) groups excluding carboxylic acids is 1. The van der Waals surface area contributed by atoms with E-state index in [1.54, 1.807) is 6.92 Å². The van der Waals surface area contributed by atoms with Gasteiger partial charge in [-0.15, -0.1) is 0 Å². The van der Waals surface area contributed by atoms with Gasteiger partial charge in [0, 0.05) is 6.54 Å². The number of anilines is 1. The van der Waals surface area contributed by atoms with Crippen molar-refractivity contribution in [3.63, 3.8) is 0 Å². The van der Waals surface area contributed by atoms with E-state index in [2.05, 4.69) is 17.2 Å². The van der Waals surface area contributed by atoms with Crippen molar-refractivity contribution in [3.05, 3.63) is 24.3 Å². The van der Waals surface area contributed by atoms with Crippen LogP contribution in [0.3, 0.4) is 0 Å². The van der Waals surface area contributed by atoms with E-state index in [0.29, 0.717) is 5.95 Å². The van der Waals surface area contributed by atoms with Crippen LogP contribution in [0.1, 0.15) is 20.3 Å². The fourth-order valence-corrected chi connectivity index (χ4v) is 1.84. The molecule has 0 saturated carbocycles. The van der Waals surface area contributed by atoms with Gasteiger partial charge in [-0.1, -0.05) is 19.1 Å². The van der Waals surface area contributed by atoms with Crippen LogP contribution in [0.4, 0.5) is 5.95 Å². The van der Waals surface area contributed by atoms with Crippen LogP contribution in [0.25, 0.3) is 11.0 Å². The van der Waals surface area contributed by atoms with E-state index in [1.165, 1.54) is 0 Å². The van der Waals surface area contributed by atoms with Crippen molar-refractivity contribution in [2.75, 3.05) is 5.32 Å². The number of benzene rings is 1. The van der Waals surface area contributed by atoms with Crippen molar-refractivity contribution in [2.45, 2.75) is 32.9 Å². The molecule has 1 amide bonds. The molecule has 1 aromatic heterocycles. The highest BCUT2D eigenvalue weighted by atomic mass is 16.2. The number of hydrogen-bond acceptors (Lipinski definition) is 3. The fourth-order valence-electron chi connectivity index (χ4n) is 1.84. The van der Waals surface area contributed by atoms with E-state index in [-0.39, 0.29) is 5.91 Å². The molecule has 0 aliphatic carbocycles. The van der Waals surface area contributed by atoms with Crippen molar-refractivity contribution in [1.29, 1.82) is 0 Å². The summed E-state index contributed by atoms with van der Waals surface area (Å²) in [6.45, 7) is 4.56. The first-order chi connectivity index (χ1) is 8.63. The third-order valence-electron chi connectivity index (χ3n) is 2.75. The highest BCUT2D eigenvalue weighted by molar-refractivity contribution is 5.94. The number of para-hydroxylation sites is 2. The fraction of sp³-hybridized carbons (Fsp3) is 0.385. The number of rotatable bonds is 4. The lowest BCUT2D eigenvalue weighted by Crippen LogP contribution is -2.33. The number of fused-ring (bicyclic) bond motifs is 1. The minimum absolute atomic E-state index is 0.220. The Kier molecular flexibility index (Phi) is 3.62. The SMILES string of the molecule is CCCn1c(NC(=O)C(C)N)nc2ccccc21. The Morgan fingerprint density at radius 2 is 2.22 bits per heavy atom. The number of hydrogen-bond donors (Lipinski definition) is 2. The van der Waals surface area contributed by atoms with Crippen molar-refractivity contribution < 1.29 is 4.79 Å². The Hall–Kier alpha value is -1.88. The zero-order chi connectivity index (χ0) is 13.1. The molecule has 2 rings (SSSR count). The van der Waals surface area contributed by atoms with Gasteiger partial charge in [0.25, 0.3) is 0 Å². The number of carbonyl (C=O) groups is 1. The highest BCUT2D eigenvalue weighted by Crippen LogP contribution is 2.19. The van der Waals surface area contributed by atoms with E-state index in [9.17, 15) is 4.79 Å². The number of nitrogens with one attached hydrogen (secondary N) is 1. The molecule has 5 nitrogen and oxygen atoms in total. The first kappa shape index (κ1) is 12.6. The van der Waals surface area contributed by atoms with Crippen molar-refractivity contribution in [1.82, 2.24) is 9.55 Å². The lowest BCUT2D eigenvalue weighted by molar-refractivity contribution is -0.117. The average Bonchev–Trinajstić information content (AvgIpc) is 2.68. The number of aryl methyl sites for hydroxylation is 1. The van der Waals surface area contributed by atoms with Crippen molar-refractivity contribution in [2.24, 2.45) is 5.73 Å². The molecular formula is C13H18N4O. The predicted octanol–water partition coefficient (Wildman–Crippen LogP) is 1.73. The van der Waals surface area contributed by atoms with Crippen LogP contribution in [0.15, 0.2) is 24.3 Å². The maximum absolute atomic E-state index is 11.7. The molecule has 0 bridgehead atoms. The van der Waals surface area contributed by atoms with E-state index in [1.807, 2.05) is 28.8 Å². The summed E-state index contributed by atoms with van der Waals surface area (Å²) in [5.41, 5.74) is 7.46. The molecule has 0 aliphatic rings. The molecule has 1 unspecified atom stereocenters. The molecular weight excluding hydrogens is 228 g/mol. The van der Waals surface area contributed by atoms with Gasteiger partial charge in [-0.25, -0.2) is 4.98 Å². The van der Waals surface area contributed by atoms with Crippen LogP contribution in [0.5, 0.6) is 0 Å². The number of nitrogens with two attached hydrogens (primary N) is 1. The van der Waals surface area contributed by atoms with Crippen LogP contribution in [0, 0.1) is 0 Å². The van der Waals surface area contributed by atoms with Crippen molar-refractivity contribution >= 4 is 22.9 Å². The quantitative estimate of drug-likeness (QED) is 0.863. The van der Waals surface area contributed by atoms with Gasteiger partial charge in [0.15, 0.2) is 0 Å². The van der Waals surface area contributed by atoms with Gasteiger partial charge in [0.1, 0.15) is 0 Å². The van der Waals surface area contributed by atoms with Crippen LogP contribution in [0.2, 0.25) is 0 Å². The maximum atomic E-state index is 11.7. The molecule has 1 aromatic carbocycles. The maximum Gasteiger partial charge on any atom is 0.243 e. The summed E-state index contributed by atoms with van der Waals surface area (Å²) in [6.07, 6.45) is 0.974. The Balaban J connectivity index is 2.42. The molecule has 96 valence electrons. The number of imidazole rings is 1. The summed E-state index contributed by atoms with van der Waals surface area (Å²) in [5, 5.41) is 2.77. The molecule has 0 saturated heterocycles. The molecule has 1 heterocycles. The summed E-state index contributed by atoms with van der Waals surface area (Å²) in [5.74, 6) is 0.350. The number of nitrogens with zero attached hydrogens (tertiary/aromatic N) is 2. The van der Waals surface area contributed by atoms with Crippen LogP contribution >= 0.6 is 0 Å². The van der Waals surface area contributed by atoms with E-state index < -0.39 is 6.04 Å². The second kappa shape index (κ2) is 5.18. The smallest absolute Gasteiger partial charge is 0.243 e. The summed E-state index contributed by atoms with van der Waals surface area (Å²) in [4.78, 5) is 16.1. The van der Waals surface area contributed by atoms with Crippen LogP contribution in [-0.4, -0.2) is 21.5 Å². The van der Waals surface area contributed by atoms with E-state index >= 15 is 0 Å². The van der Waals surface area contributed by atoms with Gasteiger partial charge in [-0.2, -0.15) is 0 Å². The summed E-state index contributed by atoms with van der Waals surface area (Å²) < 4.78 is 2.01. The zero-order valence-electron chi connectivity index (χ0n) is 10.7. The van der Waals surface area contributed by atoms with Crippen molar-refractivity contribution in [3.8, 4) is 0 Å².